The Morgan fingerprint density at radius 1 is 1.43 bits per heavy atom. The van der Waals surface area contributed by atoms with E-state index in [1.807, 2.05) is 35.3 Å². The highest BCUT2D eigenvalue weighted by Gasteiger charge is 1.94. The van der Waals surface area contributed by atoms with Crippen LogP contribution in [0, 0.1) is 0 Å². The van der Waals surface area contributed by atoms with Gasteiger partial charge in [-0.2, -0.15) is 0 Å². The molecule has 0 saturated carbocycles. The summed E-state index contributed by atoms with van der Waals surface area (Å²) in [5.74, 6) is 0. The highest BCUT2D eigenvalue weighted by Crippen LogP contribution is 2.07. The Bertz CT molecular complexity index is 416. The smallest absolute Gasteiger partial charge is 0.0949 e. The lowest BCUT2D eigenvalue weighted by Crippen LogP contribution is -1.96. The molecule has 0 bridgehead atoms. The molecule has 14 heavy (non-hydrogen) atoms. The Hall–Kier alpha value is -1.83. The number of nitrogens with zero attached hydrogens (tertiary/aromatic N) is 2. The molecule has 2 rings (SSSR count). The average Bonchev–Trinajstić information content (AvgIpc) is 2.71. The fraction of sp³-hybridized carbons (Fsp3) is 0.0833. The van der Waals surface area contributed by atoms with Gasteiger partial charge >= 0.3 is 0 Å². The standard InChI is InChI=1S/C12H12N2/c1-2-11-4-3-5-12(8-11)9-14-7-6-13-10-14/h2-8,10H,1,9H2. The van der Waals surface area contributed by atoms with Gasteiger partial charge in [-0.1, -0.05) is 30.9 Å². The molecule has 0 atom stereocenters. The topological polar surface area (TPSA) is 17.8 Å². The zero-order chi connectivity index (χ0) is 9.80. The molecule has 1 heterocycles. The predicted octanol–water partition coefficient (Wildman–Crippen LogP) is 2.57. The number of aromatic nitrogens is 2. The summed E-state index contributed by atoms with van der Waals surface area (Å²) in [6, 6.07) is 8.33. The monoisotopic (exact) mass is 184 g/mol. The minimum atomic E-state index is 0.863. The highest BCUT2D eigenvalue weighted by molar-refractivity contribution is 5.47. The maximum Gasteiger partial charge on any atom is 0.0949 e. The van der Waals surface area contributed by atoms with Crippen LogP contribution in [-0.4, -0.2) is 9.55 Å². The molecule has 0 amide bonds. The first kappa shape index (κ1) is 8.75. The molecule has 70 valence electrons. The molecule has 2 nitrogen and oxygen atoms in total. The molecule has 0 aliphatic carbocycles. The van der Waals surface area contributed by atoms with E-state index in [2.05, 4.69) is 23.7 Å². The normalized spacial score (nSPS) is 10.0. The maximum absolute atomic E-state index is 4.00. The molecule has 0 unspecified atom stereocenters. The molecule has 0 aliphatic heterocycles. The third-order valence-electron chi connectivity index (χ3n) is 2.11. The third-order valence-corrected chi connectivity index (χ3v) is 2.11. The van der Waals surface area contributed by atoms with Crippen molar-refractivity contribution < 1.29 is 0 Å². The summed E-state index contributed by atoms with van der Waals surface area (Å²) in [6.07, 6.45) is 7.43. The molecule has 2 aromatic rings. The van der Waals surface area contributed by atoms with Gasteiger partial charge in [0.2, 0.25) is 0 Å². The van der Waals surface area contributed by atoms with Crippen LogP contribution in [0.25, 0.3) is 6.08 Å². The van der Waals surface area contributed by atoms with E-state index in [-0.39, 0.29) is 0 Å². The second-order valence-electron chi connectivity index (χ2n) is 3.18. The van der Waals surface area contributed by atoms with Crippen LogP contribution in [0.15, 0.2) is 49.6 Å². The number of hydrogen-bond donors (Lipinski definition) is 0. The van der Waals surface area contributed by atoms with Crippen molar-refractivity contribution in [3.63, 3.8) is 0 Å². The summed E-state index contributed by atoms with van der Waals surface area (Å²) < 4.78 is 2.04. The van der Waals surface area contributed by atoms with Gasteiger partial charge in [-0.05, 0) is 17.2 Å². The molecule has 0 fully saturated rings. The van der Waals surface area contributed by atoms with Crippen molar-refractivity contribution in [1.29, 1.82) is 0 Å². The quantitative estimate of drug-likeness (QED) is 0.716. The molecule has 0 spiro atoms. The fourth-order valence-corrected chi connectivity index (χ4v) is 1.41. The van der Waals surface area contributed by atoms with Gasteiger partial charge in [0, 0.05) is 18.9 Å². The van der Waals surface area contributed by atoms with E-state index in [1.165, 1.54) is 5.56 Å². The predicted molar refractivity (Wildman–Crippen MR) is 57.9 cm³/mol. The van der Waals surface area contributed by atoms with Gasteiger partial charge in [0.15, 0.2) is 0 Å². The van der Waals surface area contributed by atoms with E-state index < -0.39 is 0 Å². The van der Waals surface area contributed by atoms with Crippen molar-refractivity contribution in [3.8, 4) is 0 Å². The van der Waals surface area contributed by atoms with Gasteiger partial charge in [0.1, 0.15) is 0 Å². The molecule has 0 saturated heterocycles. The van der Waals surface area contributed by atoms with Crippen LogP contribution in [0.5, 0.6) is 0 Å². The van der Waals surface area contributed by atoms with Crippen LogP contribution in [0.3, 0.4) is 0 Å². The van der Waals surface area contributed by atoms with E-state index in [0.717, 1.165) is 12.1 Å². The third kappa shape index (κ3) is 1.91. The minimum Gasteiger partial charge on any atom is -0.333 e. The van der Waals surface area contributed by atoms with Crippen molar-refractivity contribution in [1.82, 2.24) is 9.55 Å². The SMILES string of the molecule is C=Cc1cccc(Cn2ccnc2)c1. The first-order valence-electron chi connectivity index (χ1n) is 4.55. The van der Waals surface area contributed by atoms with Crippen LogP contribution < -0.4 is 0 Å². The molecule has 0 aliphatic rings. The summed E-state index contributed by atoms with van der Waals surface area (Å²) in [5.41, 5.74) is 2.42. The summed E-state index contributed by atoms with van der Waals surface area (Å²) >= 11 is 0. The largest absolute Gasteiger partial charge is 0.333 e. The number of hydrogen-bond acceptors (Lipinski definition) is 1. The van der Waals surface area contributed by atoms with E-state index in [0.29, 0.717) is 0 Å². The van der Waals surface area contributed by atoms with Crippen molar-refractivity contribution >= 4 is 6.08 Å². The molecular formula is C12H12N2. The summed E-state index contributed by atoms with van der Waals surface area (Å²) in [6.45, 7) is 4.61. The van der Waals surface area contributed by atoms with Crippen molar-refractivity contribution in [2.45, 2.75) is 6.54 Å². The average molecular weight is 184 g/mol. The van der Waals surface area contributed by atoms with E-state index in [9.17, 15) is 0 Å². The Balaban J connectivity index is 2.21. The molecular weight excluding hydrogens is 172 g/mol. The lowest BCUT2D eigenvalue weighted by Gasteiger charge is -2.03. The summed E-state index contributed by atoms with van der Waals surface area (Å²) in [4.78, 5) is 4.00. The molecule has 1 aromatic carbocycles. The van der Waals surface area contributed by atoms with Crippen LogP contribution in [-0.2, 0) is 6.54 Å². The second-order valence-corrected chi connectivity index (χ2v) is 3.18. The Labute approximate surface area is 83.5 Å². The first-order valence-corrected chi connectivity index (χ1v) is 4.55. The molecule has 0 radical (unpaired) electrons. The van der Waals surface area contributed by atoms with Gasteiger partial charge in [0.25, 0.3) is 0 Å². The highest BCUT2D eigenvalue weighted by atomic mass is 15.0. The zero-order valence-corrected chi connectivity index (χ0v) is 7.93. The van der Waals surface area contributed by atoms with Gasteiger partial charge in [0.05, 0.1) is 6.33 Å². The van der Waals surface area contributed by atoms with E-state index in [4.69, 9.17) is 0 Å². The minimum absolute atomic E-state index is 0.863. The van der Waals surface area contributed by atoms with Gasteiger partial charge in [-0.25, -0.2) is 4.98 Å². The molecule has 1 aromatic heterocycles. The van der Waals surface area contributed by atoms with E-state index >= 15 is 0 Å². The summed E-state index contributed by atoms with van der Waals surface area (Å²) in [5, 5.41) is 0. The van der Waals surface area contributed by atoms with Crippen LogP contribution in [0.2, 0.25) is 0 Å². The molecule has 2 heteroatoms. The Morgan fingerprint density at radius 2 is 2.36 bits per heavy atom. The first-order chi connectivity index (χ1) is 6.88. The summed E-state index contributed by atoms with van der Waals surface area (Å²) in [7, 11) is 0. The molecule has 0 N–H and O–H groups in total. The van der Waals surface area contributed by atoms with Gasteiger partial charge in [-0.15, -0.1) is 0 Å². The van der Waals surface area contributed by atoms with Crippen LogP contribution in [0.1, 0.15) is 11.1 Å². The van der Waals surface area contributed by atoms with Crippen molar-refractivity contribution in [2.24, 2.45) is 0 Å². The fourth-order valence-electron chi connectivity index (χ4n) is 1.41. The Morgan fingerprint density at radius 3 is 3.07 bits per heavy atom. The van der Waals surface area contributed by atoms with Gasteiger partial charge in [-0.3, -0.25) is 0 Å². The van der Waals surface area contributed by atoms with Crippen molar-refractivity contribution in [3.05, 3.63) is 60.7 Å². The van der Waals surface area contributed by atoms with Gasteiger partial charge < -0.3 is 4.57 Å². The zero-order valence-electron chi connectivity index (χ0n) is 7.93. The second kappa shape index (κ2) is 3.92. The maximum atomic E-state index is 4.00. The van der Waals surface area contributed by atoms with E-state index in [1.54, 1.807) is 6.20 Å². The van der Waals surface area contributed by atoms with Crippen LogP contribution in [0.4, 0.5) is 0 Å². The van der Waals surface area contributed by atoms with Crippen molar-refractivity contribution in [2.75, 3.05) is 0 Å². The number of imidazole rings is 1. The number of rotatable bonds is 3. The lowest BCUT2D eigenvalue weighted by atomic mass is 10.1. The number of benzene rings is 1. The lowest BCUT2D eigenvalue weighted by molar-refractivity contribution is 0.797. The van der Waals surface area contributed by atoms with Crippen LogP contribution >= 0.6 is 0 Å². The Kier molecular flexibility index (Phi) is 2.45.